The zero-order valence-electron chi connectivity index (χ0n) is 16.5. The molecule has 1 aliphatic carbocycles. The molecule has 1 heterocycles. The average Bonchev–Trinajstić information content (AvgIpc) is 3.28. The van der Waals surface area contributed by atoms with E-state index in [-0.39, 0.29) is 32.0 Å². The minimum Gasteiger partial charge on any atom is -0.465 e. The molecule has 0 atom stereocenters. The molecule has 1 N–H and O–H groups in total. The molecule has 3 rings (SSSR count). The highest BCUT2D eigenvalue weighted by Crippen LogP contribution is 2.39. The van der Waals surface area contributed by atoms with E-state index in [1.807, 2.05) is 30.3 Å². The van der Waals surface area contributed by atoms with Gasteiger partial charge in [0, 0.05) is 17.7 Å². The Morgan fingerprint density at radius 3 is 2.62 bits per heavy atom. The van der Waals surface area contributed by atoms with Crippen LogP contribution in [0.1, 0.15) is 52.5 Å². The SMILES string of the molecule is CCOC(=O)c1c(NC(=O)CCC(=O)OCCc2ccccc2)sc2c1CCC2. The summed E-state index contributed by atoms with van der Waals surface area (Å²) >= 11 is 1.43. The lowest BCUT2D eigenvalue weighted by Gasteiger charge is -2.08. The van der Waals surface area contributed by atoms with Gasteiger partial charge >= 0.3 is 11.9 Å². The predicted molar refractivity (Wildman–Crippen MR) is 111 cm³/mol. The van der Waals surface area contributed by atoms with Gasteiger partial charge in [-0.2, -0.15) is 0 Å². The maximum Gasteiger partial charge on any atom is 0.341 e. The van der Waals surface area contributed by atoms with Crippen molar-refractivity contribution in [3.8, 4) is 0 Å². The molecule has 0 unspecified atom stereocenters. The monoisotopic (exact) mass is 415 g/mol. The molecule has 1 aliphatic rings. The molecule has 1 aromatic heterocycles. The summed E-state index contributed by atoms with van der Waals surface area (Å²) in [6.07, 6.45) is 3.40. The van der Waals surface area contributed by atoms with Crippen molar-refractivity contribution in [2.75, 3.05) is 18.5 Å². The maximum absolute atomic E-state index is 12.3. The molecular formula is C22H25NO5S. The number of anilines is 1. The number of benzene rings is 1. The van der Waals surface area contributed by atoms with Crippen LogP contribution in [0.15, 0.2) is 30.3 Å². The Morgan fingerprint density at radius 2 is 1.86 bits per heavy atom. The molecule has 0 saturated heterocycles. The van der Waals surface area contributed by atoms with E-state index in [0.717, 1.165) is 35.3 Å². The summed E-state index contributed by atoms with van der Waals surface area (Å²) in [4.78, 5) is 37.7. The molecule has 0 bridgehead atoms. The molecule has 29 heavy (non-hydrogen) atoms. The summed E-state index contributed by atoms with van der Waals surface area (Å²) in [7, 11) is 0. The Labute approximate surface area is 174 Å². The summed E-state index contributed by atoms with van der Waals surface area (Å²) < 4.78 is 10.4. The lowest BCUT2D eigenvalue weighted by Crippen LogP contribution is -2.17. The van der Waals surface area contributed by atoms with Gasteiger partial charge in [-0.15, -0.1) is 11.3 Å². The van der Waals surface area contributed by atoms with Gasteiger partial charge in [-0.25, -0.2) is 4.79 Å². The van der Waals surface area contributed by atoms with E-state index in [1.54, 1.807) is 6.92 Å². The first-order chi connectivity index (χ1) is 14.1. The van der Waals surface area contributed by atoms with E-state index in [1.165, 1.54) is 11.3 Å². The Bertz CT molecular complexity index is 875. The molecule has 1 amide bonds. The number of ether oxygens (including phenoxy) is 2. The molecule has 1 aromatic carbocycles. The third-order valence-electron chi connectivity index (χ3n) is 4.71. The second-order valence-corrected chi connectivity index (χ2v) is 7.89. The molecular weight excluding hydrogens is 390 g/mol. The lowest BCUT2D eigenvalue weighted by molar-refractivity contribution is -0.144. The first kappa shape index (κ1) is 21.0. The normalized spacial score (nSPS) is 12.3. The second-order valence-electron chi connectivity index (χ2n) is 6.79. The number of carbonyl (C=O) groups is 3. The fourth-order valence-corrected chi connectivity index (χ4v) is 4.61. The molecule has 0 aliphatic heterocycles. The maximum atomic E-state index is 12.3. The summed E-state index contributed by atoms with van der Waals surface area (Å²) in [6, 6.07) is 9.75. The van der Waals surface area contributed by atoms with Gasteiger partial charge in [-0.3, -0.25) is 9.59 Å². The van der Waals surface area contributed by atoms with E-state index >= 15 is 0 Å². The number of carbonyl (C=O) groups excluding carboxylic acids is 3. The van der Waals surface area contributed by atoms with Crippen molar-refractivity contribution >= 4 is 34.2 Å². The zero-order valence-corrected chi connectivity index (χ0v) is 17.3. The van der Waals surface area contributed by atoms with Crippen LogP contribution in [0.3, 0.4) is 0 Å². The molecule has 154 valence electrons. The highest BCUT2D eigenvalue weighted by atomic mass is 32.1. The molecule has 6 nitrogen and oxygen atoms in total. The quantitative estimate of drug-likeness (QED) is 0.628. The number of thiophene rings is 1. The van der Waals surface area contributed by atoms with E-state index in [4.69, 9.17) is 9.47 Å². The molecule has 0 fully saturated rings. The van der Waals surface area contributed by atoms with Crippen molar-refractivity contribution in [1.29, 1.82) is 0 Å². The van der Waals surface area contributed by atoms with Gasteiger partial charge in [0.25, 0.3) is 0 Å². The predicted octanol–water partition coefficient (Wildman–Crippen LogP) is 3.92. The van der Waals surface area contributed by atoms with E-state index in [0.29, 0.717) is 17.0 Å². The third kappa shape index (κ3) is 5.67. The molecule has 0 saturated carbocycles. The Hall–Kier alpha value is -2.67. The summed E-state index contributed by atoms with van der Waals surface area (Å²) in [5, 5.41) is 3.31. The molecule has 0 spiro atoms. The number of amides is 1. The molecule has 2 aromatic rings. The summed E-state index contributed by atoms with van der Waals surface area (Å²) in [5.41, 5.74) is 2.56. The summed E-state index contributed by atoms with van der Waals surface area (Å²) in [6.45, 7) is 2.33. The van der Waals surface area contributed by atoms with Crippen molar-refractivity contribution in [2.24, 2.45) is 0 Å². The van der Waals surface area contributed by atoms with Crippen LogP contribution in [-0.2, 0) is 38.3 Å². The van der Waals surface area contributed by atoms with Crippen molar-refractivity contribution in [1.82, 2.24) is 0 Å². The number of nitrogens with one attached hydrogen (secondary N) is 1. The van der Waals surface area contributed by atoms with Crippen LogP contribution in [-0.4, -0.2) is 31.1 Å². The van der Waals surface area contributed by atoms with Gasteiger partial charge in [0.1, 0.15) is 5.00 Å². The van der Waals surface area contributed by atoms with Crippen molar-refractivity contribution < 1.29 is 23.9 Å². The van der Waals surface area contributed by atoms with E-state index in [2.05, 4.69) is 5.32 Å². The van der Waals surface area contributed by atoms with E-state index in [9.17, 15) is 14.4 Å². The van der Waals surface area contributed by atoms with Crippen LogP contribution in [0.2, 0.25) is 0 Å². The number of rotatable bonds is 9. The van der Waals surface area contributed by atoms with Gasteiger partial charge in [0.2, 0.25) is 5.91 Å². The average molecular weight is 416 g/mol. The van der Waals surface area contributed by atoms with Gasteiger partial charge in [-0.05, 0) is 37.3 Å². The minimum absolute atomic E-state index is 0.000449. The largest absolute Gasteiger partial charge is 0.465 e. The van der Waals surface area contributed by atoms with Crippen LogP contribution in [0, 0.1) is 0 Å². The first-order valence-corrected chi connectivity index (χ1v) is 10.7. The fraction of sp³-hybridized carbons (Fsp3) is 0.409. The number of hydrogen-bond acceptors (Lipinski definition) is 6. The van der Waals surface area contributed by atoms with E-state index < -0.39 is 11.9 Å². The van der Waals surface area contributed by atoms with Crippen molar-refractivity contribution in [3.05, 3.63) is 51.9 Å². The fourth-order valence-electron chi connectivity index (χ4n) is 3.32. The van der Waals surface area contributed by atoms with Gasteiger partial charge in [-0.1, -0.05) is 30.3 Å². The Morgan fingerprint density at radius 1 is 1.07 bits per heavy atom. The van der Waals surface area contributed by atoms with Crippen LogP contribution in [0.4, 0.5) is 5.00 Å². The lowest BCUT2D eigenvalue weighted by atomic mass is 10.1. The first-order valence-electron chi connectivity index (χ1n) is 9.89. The number of esters is 2. The van der Waals surface area contributed by atoms with Crippen LogP contribution in [0.5, 0.6) is 0 Å². The van der Waals surface area contributed by atoms with Crippen LogP contribution >= 0.6 is 11.3 Å². The van der Waals surface area contributed by atoms with Gasteiger partial charge < -0.3 is 14.8 Å². The van der Waals surface area contributed by atoms with Crippen LogP contribution in [0.25, 0.3) is 0 Å². The number of fused-ring (bicyclic) bond motifs is 1. The van der Waals surface area contributed by atoms with Crippen LogP contribution < -0.4 is 5.32 Å². The highest BCUT2D eigenvalue weighted by molar-refractivity contribution is 7.17. The van der Waals surface area contributed by atoms with Crippen molar-refractivity contribution in [2.45, 2.75) is 45.4 Å². The highest BCUT2D eigenvalue weighted by Gasteiger charge is 2.28. The van der Waals surface area contributed by atoms with Crippen molar-refractivity contribution in [3.63, 3.8) is 0 Å². The Kier molecular flexibility index (Phi) is 7.41. The summed E-state index contributed by atoms with van der Waals surface area (Å²) in [5.74, 6) is -1.12. The van der Waals surface area contributed by atoms with Gasteiger partial charge in [0.15, 0.2) is 0 Å². The smallest absolute Gasteiger partial charge is 0.341 e. The van der Waals surface area contributed by atoms with Gasteiger partial charge in [0.05, 0.1) is 25.2 Å². The molecule has 7 heteroatoms. The standard InChI is InChI=1S/C22H25NO5S/c1-2-27-22(26)20-16-9-6-10-17(16)29-21(20)23-18(24)11-12-19(25)28-14-13-15-7-4-3-5-8-15/h3-5,7-8H,2,6,9-14H2,1H3,(H,23,24). The number of hydrogen-bond donors (Lipinski definition) is 1. The zero-order chi connectivity index (χ0) is 20.6. The topological polar surface area (TPSA) is 81.7 Å². The molecule has 0 radical (unpaired) electrons. The second kappa shape index (κ2) is 10.2. The minimum atomic E-state index is -0.407. The Balaban J connectivity index is 1.48. The third-order valence-corrected chi connectivity index (χ3v) is 5.91. The number of aryl methyl sites for hydroxylation is 1.